The molecule has 1 aromatic rings. The second-order valence-corrected chi connectivity index (χ2v) is 7.23. The molecule has 2 nitrogen and oxygen atoms in total. The van der Waals surface area contributed by atoms with Gasteiger partial charge in [-0.3, -0.25) is 11.3 Å². The van der Waals surface area contributed by atoms with Crippen molar-refractivity contribution in [2.75, 3.05) is 0 Å². The van der Waals surface area contributed by atoms with E-state index in [-0.39, 0.29) is 5.41 Å². The zero-order chi connectivity index (χ0) is 15.9. The van der Waals surface area contributed by atoms with Crippen LogP contribution in [0.3, 0.4) is 0 Å². The molecular formula is C19H34N2. The van der Waals surface area contributed by atoms with Crippen LogP contribution in [0.1, 0.15) is 71.4 Å². The zero-order valence-corrected chi connectivity index (χ0v) is 14.6. The third kappa shape index (κ3) is 5.80. The fourth-order valence-corrected chi connectivity index (χ4v) is 2.91. The summed E-state index contributed by atoms with van der Waals surface area (Å²) in [4.78, 5) is 0. The molecule has 1 aromatic carbocycles. The maximum absolute atomic E-state index is 5.82. The summed E-state index contributed by atoms with van der Waals surface area (Å²) in [6, 6.07) is 9.42. The topological polar surface area (TPSA) is 38.0 Å². The molecular weight excluding hydrogens is 256 g/mol. The Hall–Kier alpha value is -0.860. The van der Waals surface area contributed by atoms with E-state index in [9.17, 15) is 0 Å². The van der Waals surface area contributed by atoms with Gasteiger partial charge in [0.15, 0.2) is 0 Å². The largest absolute Gasteiger partial charge is 0.271 e. The molecule has 0 spiro atoms. The molecule has 0 saturated heterocycles. The summed E-state index contributed by atoms with van der Waals surface area (Å²) < 4.78 is 0. The molecule has 0 aliphatic heterocycles. The van der Waals surface area contributed by atoms with Crippen molar-refractivity contribution in [2.24, 2.45) is 11.8 Å². The minimum absolute atomic E-state index is 0.219. The number of nitrogens with one attached hydrogen (secondary N) is 1. The molecule has 120 valence electrons. The third-order valence-electron chi connectivity index (χ3n) is 4.51. The van der Waals surface area contributed by atoms with Crippen molar-refractivity contribution in [2.45, 2.75) is 78.2 Å². The highest BCUT2D eigenvalue weighted by Gasteiger charge is 2.19. The molecule has 0 amide bonds. The van der Waals surface area contributed by atoms with Crippen LogP contribution in [-0.2, 0) is 11.8 Å². The molecule has 3 N–H and O–H groups in total. The monoisotopic (exact) mass is 290 g/mol. The molecule has 0 fully saturated rings. The number of hydrogen-bond donors (Lipinski definition) is 2. The van der Waals surface area contributed by atoms with Crippen LogP contribution in [0, 0.1) is 5.92 Å². The van der Waals surface area contributed by atoms with E-state index in [1.807, 2.05) is 0 Å². The molecule has 21 heavy (non-hydrogen) atoms. The Morgan fingerprint density at radius 2 is 1.71 bits per heavy atom. The van der Waals surface area contributed by atoms with Gasteiger partial charge in [-0.2, -0.15) is 0 Å². The average molecular weight is 290 g/mol. The number of benzene rings is 1. The van der Waals surface area contributed by atoms with Crippen molar-refractivity contribution in [1.82, 2.24) is 5.43 Å². The Balaban J connectivity index is 2.72. The van der Waals surface area contributed by atoms with E-state index in [1.54, 1.807) is 0 Å². The van der Waals surface area contributed by atoms with Gasteiger partial charge in [-0.1, -0.05) is 78.1 Å². The second-order valence-electron chi connectivity index (χ2n) is 7.23. The first-order valence-electron chi connectivity index (χ1n) is 8.47. The van der Waals surface area contributed by atoms with Gasteiger partial charge in [-0.15, -0.1) is 0 Å². The fourth-order valence-electron chi connectivity index (χ4n) is 2.91. The van der Waals surface area contributed by atoms with Crippen molar-refractivity contribution in [3.63, 3.8) is 0 Å². The quantitative estimate of drug-likeness (QED) is 0.543. The molecule has 0 heterocycles. The molecule has 1 rings (SSSR count). The molecule has 2 unspecified atom stereocenters. The normalized spacial score (nSPS) is 15.0. The predicted molar refractivity (Wildman–Crippen MR) is 93.3 cm³/mol. The smallest absolute Gasteiger partial charge is 0.0279 e. The number of hydrazine groups is 1. The lowest BCUT2D eigenvalue weighted by molar-refractivity contribution is 0.318. The second kappa shape index (κ2) is 8.55. The number of nitrogens with two attached hydrogens (primary N) is 1. The lowest BCUT2D eigenvalue weighted by atomic mass is 9.85. The van der Waals surface area contributed by atoms with E-state index in [0.717, 1.165) is 6.42 Å². The van der Waals surface area contributed by atoms with Crippen molar-refractivity contribution in [3.8, 4) is 0 Å². The van der Waals surface area contributed by atoms with Crippen LogP contribution in [0.25, 0.3) is 0 Å². The Morgan fingerprint density at radius 1 is 1.10 bits per heavy atom. The number of hydrogen-bond acceptors (Lipinski definition) is 2. The van der Waals surface area contributed by atoms with Crippen LogP contribution in [0.15, 0.2) is 24.3 Å². The minimum atomic E-state index is 0.219. The maximum atomic E-state index is 5.82. The highest BCUT2D eigenvalue weighted by Crippen LogP contribution is 2.24. The Kier molecular flexibility index (Phi) is 7.41. The standard InChI is InChI=1S/C19H34N2/c1-6-8-9-16(7-2)18(21-20)14-15-10-12-17(13-11-15)19(3,4)5/h10-13,16,18,21H,6-9,14,20H2,1-5H3. The van der Waals surface area contributed by atoms with E-state index >= 15 is 0 Å². The van der Waals surface area contributed by atoms with E-state index < -0.39 is 0 Å². The van der Waals surface area contributed by atoms with E-state index in [4.69, 9.17) is 5.84 Å². The van der Waals surface area contributed by atoms with E-state index in [2.05, 4.69) is 64.3 Å². The van der Waals surface area contributed by atoms with Gasteiger partial charge in [0.2, 0.25) is 0 Å². The molecule has 0 aliphatic rings. The zero-order valence-electron chi connectivity index (χ0n) is 14.6. The molecule has 2 heteroatoms. The Bertz CT molecular complexity index is 389. The Labute approximate surface area is 131 Å². The summed E-state index contributed by atoms with van der Waals surface area (Å²) in [6.07, 6.45) is 6.02. The summed E-state index contributed by atoms with van der Waals surface area (Å²) in [5, 5.41) is 0. The van der Waals surface area contributed by atoms with Gasteiger partial charge in [0.05, 0.1) is 0 Å². The van der Waals surface area contributed by atoms with Gasteiger partial charge in [-0.25, -0.2) is 0 Å². The average Bonchev–Trinajstić information content (AvgIpc) is 2.46. The van der Waals surface area contributed by atoms with Gasteiger partial charge < -0.3 is 0 Å². The predicted octanol–water partition coefficient (Wildman–Crippen LogP) is 4.57. The summed E-state index contributed by atoms with van der Waals surface area (Å²) in [6.45, 7) is 11.3. The SMILES string of the molecule is CCCCC(CC)C(Cc1ccc(C(C)(C)C)cc1)NN. The van der Waals surface area contributed by atoms with Gasteiger partial charge >= 0.3 is 0 Å². The molecule has 0 bridgehead atoms. The Morgan fingerprint density at radius 3 is 2.14 bits per heavy atom. The number of unbranched alkanes of at least 4 members (excludes halogenated alkanes) is 1. The molecule has 0 radical (unpaired) electrons. The van der Waals surface area contributed by atoms with Crippen molar-refractivity contribution in [3.05, 3.63) is 35.4 Å². The van der Waals surface area contributed by atoms with Gasteiger partial charge in [-0.05, 0) is 35.3 Å². The lowest BCUT2D eigenvalue weighted by Gasteiger charge is -2.26. The molecule has 0 saturated carbocycles. The summed E-state index contributed by atoms with van der Waals surface area (Å²) in [7, 11) is 0. The molecule has 2 atom stereocenters. The molecule has 0 aromatic heterocycles. The van der Waals surface area contributed by atoms with Gasteiger partial charge in [0.1, 0.15) is 0 Å². The maximum Gasteiger partial charge on any atom is 0.0279 e. The summed E-state index contributed by atoms with van der Waals surface area (Å²) >= 11 is 0. The van der Waals surface area contributed by atoms with Crippen LogP contribution in [-0.4, -0.2) is 6.04 Å². The highest BCUT2D eigenvalue weighted by molar-refractivity contribution is 5.28. The lowest BCUT2D eigenvalue weighted by Crippen LogP contribution is -2.42. The van der Waals surface area contributed by atoms with Gasteiger partial charge in [0.25, 0.3) is 0 Å². The van der Waals surface area contributed by atoms with E-state index in [1.165, 1.54) is 36.8 Å². The van der Waals surface area contributed by atoms with Crippen molar-refractivity contribution >= 4 is 0 Å². The minimum Gasteiger partial charge on any atom is -0.271 e. The first-order valence-corrected chi connectivity index (χ1v) is 8.47. The van der Waals surface area contributed by atoms with Crippen LogP contribution < -0.4 is 11.3 Å². The van der Waals surface area contributed by atoms with Gasteiger partial charge in [0, 0.05) is 6.04 Å². The molecule has 0 aliphatic carbocycles. The summed E-state index contributed by atoms with van der Waals surface area (Å²) in [5.74, 6) is 6.48. The summed E-state index contributed by atoms with van der Waals surface area (Å²) in [5.41, 5.74) is 6.04. The van der Waals surface area contributed by atoms with E-state index in [0.29, 0.717) is 12.0 Å². The highest BCUT2D eigenvalue weighted by atomic mass is 15.2. The van der Waals surface area contributed by atoms with Crippen LogP contribution in [0.2, 0.25) is 0 Å². The van der Waals surface area contributed by atoms with Crippen LogP contribution >= 0.6 is 0 Å². The first kappa shape index (κ1) is 18.2. The first-order chi connectivity index (χ1) is 9.92. The third-order valence-corrected chi connectivity index (χ3v) is 4.51. The van der Waals surface area contributed by atoms with Crippen molar-refractivity contribution in [1.29, 1.82) is 0 Å². The fraction of sp³-hybridized carbons (Fsp3) is 0.684. The van der Waals surface area contributed by atoms with Crippen LogP contribution in [0.4, 0.5) is 0 Å². The number of rotatable bonds is 8. The van der Waals surface area contributed by atoms with Crippen molar-refractivity contribution < 1.29 is 0 Å². The van der Waals surface area contributed by atoms with Crippen LogP contribution in [0.5, 0.6) is 0 Å².